The molecule has 0 unspecified atom stereocenters. The second-order valence-electron chi connectivity index (χ2n) is 5.39. The van der Waals surface area contributed by atoms with E-state index < -0.39 is 0 Å². The van der Waals surface area contributed by atoms with Crippen molar-refractivity contribution in [2.45, 2.75) is 26.7 Å². The summed E-state index contributed by atoms with van der Waals surface area (Å²) >= 11 is 0. The van der Waals surface area contributed by atoms with Gasteiger partial charge in [-0.05, 0) is 26.3 Å². The van der Waals surface area contributed by atoms with E-state index in [2.05, 4.69) is 32.4 Å². The van der Waals surface area contributed by atoms with Crippen LogP contribution in [0, 0.1) is 6.92 Å². The van der Waals surface area contributed by atoms with Gasteiger partial charge >= 0.3 is 0 Å². The zero-order valence-corrected chi connectivity index (χ0v) is 13.2. The van der Waals surface area contributed by atoms with E-state index in [-0.39, 0.29) is 0 Å². The first kappa shape index (κ1) is 16.0. The standard InChI is InChI=1S/C15H27N5O/c1-3-11-21-14-12-13(2)18-15(19-14)17-5-4-8-20-9-6-16-7-10-20/h12,16H,3-11H2,1-2H3,(H,17,18,19). The lowest BCUT2D eigenvalue weighted by Crippen LogP contribution is -2.44. The normalized spacial score (nSPS) is 15.9. The van der Waals surface area contributed by atoms with E-state index in [1.807, 2.05) is 13.0 Å². The Morgan fingerprint density at radius 2 is 2.14 bits per heavy atom. The molecule has 118 valence electrons. The van der Waals surface area contributed by atoms with Crippen molar-refractivity contribution in [3.8, 4) is 5.88 Å². The van der Waals surface area contributed by atoms with Crippen LogP contribution in [0.4, 0.5) is 5.95 Å². The molecule has 1 aliphatic heterocycles. The van der Waals surface area contributed by atoms with Gasteiger partial charge in [-0.3, -0.25) is 0 Å². The zero-order valence-electron chi connectivity index (χ0n) is 13.2. The Hall–Kier alpha value is -1.40. The van der Waals surface area contributed by atoms with Gasteiger partial charge in [-0.2, -0.15) is 4.98 Å². The predicted octanol–water partition coefficient (Wildman–Crippen LogP) is 1.28. The van der Waals surface area contributed by atoms with Gasteiger partial charge in [0.1, 0.15) is 0 Å². The van der Waals surface area contributed by atoms with E-state index in [4.69, 9.17) is 4.74 Å². The van der Waals surface area contributed by atoms with Gasteiger partial charge in [-0.1, -0.05) is 6.92 Å². The van der Waals surface area contributed by atoms with Gasteiger partial charge in [0.2, 0.25) is 11.8 Å². The fourth-order valence-corrected chi connectivity index (χ4v) is 2.34. The van der Waals surface area contributed by atoms with Crippen molar-refractivity contribution < 1.29 is 4.74 Å². The maximum Gasteiger partial charge on any atom is 0.226 e. The Morgan fingerprint density at radius 3 is 2.90 bits per heavy atom. The van der Waals surface area contributed by atoms with Crippen LogP contribution in [0.15, 0.2) is 6.07 Å². The van der Waals surface area contributed by atoms with Gasteiger partial charge in [0.05, 0.1) is 6.61 Å². The highest BCUT2D eigenvalue weighted by Crippen LogP contribution is 2.12. The molecule has 1 aromatic rings. The second kappa shape index (κ2) is 8.79. The van der Waals surface area contributed by atoms with Crippen LogP contribution in [0.2, 0.25) is 0 Å². The van der Waals surface area contributed by atoms with Crippen molar-refractivity contribution in [3.63, 3.8) is 0 Å². The lowest BCUT2D eigenvalue weighted by atomic mass is 10.3. The van der Waals surface area contributed by atoms with E-state index in [1.165, 1.54) is 0 Å². The number of piperazine rings is 1. The second-order valence-corrected chi connectivity index (χ2v) is 5.39. The van der Waals surface area contributed by atoms with Gasteiger partial charge in [0.25, 0.3) is 0 Å². The van der Waals surface area contributed by atoms with E-state index in [0.717, 1.165) is 57.8 Å². The fourth-order valence-electron chi connectivity index (χ4n) is 2.34. The molecule has 2 N–H and O–H groups in total. The van der Waals surface area contributed by atoms with E-state index in [9.17, 15) is 0 Å². The number of rotatable bonds is 8. The Kier molecular flexibility index (Phi) is 6.69. The molecular weight excluding hydrogens is 266 g/mol. The summed E-state index contributed by atoms with van der Waals surface area (Å²) in [5.74, 6) is 1.33. The first-order valence-electron chi connectivity index (χ1n) is 7.93. The Labute approximate surface area is 127 Å². The predicted molar refractivity (Wildman–Crippen MR) is 85.0 cm³/mol. The maximum atomic E-state index is 5.57. The molecule has 1 aromatic heterocycles. The molecule has 0 radical (unpaired) electrons. The van der Waals surface area contributed by atoms with Crippen LogP contribution in [0.3, 0.4) is 0 Å². The number of aromatic nitrogens is 2. The summed E-state index contributed by atoms with van der Waals surface area (Å²) in [6.07, 6.45) is 2.08. The summed E-state index contributed by atoms with van der Waals surface area (Å²) in [5.41, 5.74) is 0.931. The van der Waals surface area contributed by atoms with Gasteiger partial charge in [-0.15, -0.1) is 0 Å². The lowest BCUT2D eigenvalue weighted by molar-refractivity contribution is 0.240. The molecule has 6 heteroatoms. The van der Waals surface area contributed by atoms with Crippen LogP contribution < -0.4 is 15.4 Å². The summed E-state index contributed by atoms with van der Waals surface area (Å²) < 4.78 is 5.57. The average molecular weight is 293 g/mol. The summed E-state index contributed by atoms with van der Waals surface area (Å²) in [5, 5.41) is 6.67. The maximum absolute atomic E-state index is 5.57. The lowest BCUT2D eigenvalue weighted by Gasteiger charge is -2.27. The molecule has 1 aliphatic rings. The summed E-state index contributed by atoms with van der Waals surface area (Å²) in [7, 11) is 0. The van der Waals surface area contributed by atoms with Crippen molar-refractivity contribution in [2.24, 2.45) is 0 Å². The van der Waals surface area contributed by atoms with Crippen LogP contribution in [0.25, 0.3) is 0 Å². The monoisotopic (exact) mass is 293 g/mol. The molecule has 0 atom stereocenters. The van der Waals surface area contributed by atoms with Crippen LogP contribution in [-0.2, 0) is 0 Å². The Bertz CT molecular complexity index is 421. The fraction of sp³-hybridized carbons (Fsp3) is 0.733. The van der Waals surface area contributed by atoms with Crippen molar-refractivity contribution in [1.82, 2.24) is 20.2 Å². The van der Waals surface area contributed by atoms with Crippen LogP contribution in [0.5, 0.6) is 5.88 Å². The molecule has 1 fully saturated rings. The molecule has 0 bridgehead atoms. The van der Waals surface area contributed by atoms with Crippen molar-refractivity contribution in [1.29, 1.82) is 0 Å². The minimum absolute atomic E-state index is 0.661. The minimum Gasteiger partial charge on any atom is -0.478 e. The van der Waals surface area contributed by atoms with Crippen molar-refractivity contribution >= 4 is 5.95 Å². The van der Waals surface area contributed by atoms with Crippen molar-refractivity contribution in [3.05, 3.63) is 11.8 Å². The Balaban J connectivity index is 1.72. The molecule has 21 heavy (non-hydrogen) atoms. The number of ether oxygens (including phenoxy) is 1. The average Bonchev–Trinajstić information content (AvgIpc) is 2.50. The number of hydrogen-bond acceptors (Lipinski definition) is 6. The van der Waals surface area contributed by atoms with Crippen molar-refractivity contribution in [2.75, 3.05) is 51.2 Å². The molecule has 0 aliphatic carbocycles. The molecule has 0 aromatic carbocycles. The summed E-state index contributed by atoms with van der Waals surface area (Å²) in [4.78, 5) is 11.3. The first-order valence-corrected chi connectivity index (χ1v) is 7.93. The third-order valence-corrected chi connectivity index (χ3v) is 3.43. The molecule has 0 amide bonds. The number of anilines is 1. The summed E-state index contributed by atoms with van der Waals surface area (Å²) in [6.45, 7) is 11.3. The largest absolute Gasteiger partial charge is 0.478 e. The summed E-state index contributed by atoms with van der Waals surface area (Å²) in [6, 6.07) is 1.88. The molecule has 0 saturated carbocycles. The van der Waals surface area contributed by atoms with Crippen LogP contribution >= 0.6 is 0 Å². The SMILES string of the molecule is CCCOc1cc(C)nc(NCCCN2CCNCC2)n1. The van der Waals surface area contributed by atoms with E-state index in [0.29, 0.717) is 18.4 Å². The first-order chi connectivity index (χ1) is 10.3. The zero-order chi connectivity index (χ0) is 14.9. The quantitative estimate of drug-likeness (QED) is 0.704. The smallest absolute Gasteiger partial charge is 0.226 e. The highest BCUT2D eigenvalue weighted by molar-refractivity contribution is 5.30. The van der Waals surface area contributed by atoms with E-state index in [1.54, 1.807) is 0 Å². The molecule has 2 heterocycles. The van der Waals surface area contributed by atoms with E-state index >= 15 is 0 Å². The molecule has 0 spiro atoms. The molecule has 1 saturated heterocycles. The highest BCUT2D eigenvalue weighted by Gasteiger charge is 2.08. The Morgan fingerprint density at radius 1 is 1.33 bits per heavy atom. The van der Waals surface area contributed by atoms with Crippen LogP contribution in [-0.4, -0.2) is 60.7 Å². The van der Waals surface area contributed by atoms with Gasteiger partial charge in [-0.25, -0.2) is 4.98 Å². The molecule has 2 rings (SSSR count). The topological polar surface area (TPSA) is 62.3 Å². The minimum atomic E-state index is 0.661. The van der Waals surface area contributed by atoms with Crippen LogP contribution in [0.1, 0.15) is 25.5 Å². The number of nitrogens with one attached hydrogen (secondary N) is 2. The van der Waals surface area contributed by atoms with Gasteiger partial charge in [0.15, 0.2) is 0 Å². The molecule has 6 nitrogen and oxygen atoms in total. The number of nitrogens with zero attached hydrogens (tertiary/aromatic N) is 3. The molecular formula is C15H27N5O. The highest BCUT2D eigenvalue weighted by atomic mass is 16.5. The van der Waals surface area contributed by atoms with Gasteiger partial charge < -0.3 is 20.3 Å². The number of hydrogen-bond donors (Lipinski definition) is 2. The van der Waals surface area contributed by atoms with Gasteiger partial charge in [0, 0.05) is 44.5 Å². The third-order valence-electron chi connectivity index (χ3n) is 3.43. The number of aryl methyl sites for hydroxylation is 1. The third kappa shape index (κ3) is 5.85.